The highest BCUT2D eigenvalue weighted by atomic mass is 32.1. The van der Waals surface area contributed by atoms with Crippen molar-refractivity contribution < 1.29 is 19.1 Å². The van der Waals surface area contributed by atoms with E-state index in [1.165, 1.54) is 22.7 Å². The third kappa shape index (κ3) is 4.89. The van der Waals surface area contributed by atoms with E-state index < -0.39 is 12.0 Å². The topological polar surface area (TPSA) is 82.2 Å². The van der Waals surface area contributed by atoms with Crippen LogP contribution in [0, 0.1) is 0 Å². The highest BCUT2D eigenvalue weighted by Gasteiger charge is 2.39. The van der Waals surface area contributed by atoms with Gasteiger partial charge in [0, 0.05) is 44.5 Å². The van der Waals surface area contributed by atoms with E-state index in [0.29, 0.717) is 44.0 Å². The van der Waals surface area contributed by atoms with Crippen molar-refractivity contribution >= 4 is 40.6 Å². The summed E-state index contributed by atoms with van der Waals surface area (Å²) < 4.78 is 5.43. The third-order valence-corrected chi connectivity index (χ3v) is 7.76. The van der Waals surface area contributed by atoms with E-state index in [4.69, 9.17) is 4.74 Å². The predicted molar refractivity (Wildman–Crippen MR) is 133 cm³/mol. The lowest BCUT2D eigenvalue weighted by Crippen LogP contribution is -2.56. The summed E-state index contributed by atoms with van der Waals surface area (Å²) in [6.07, 6.45) is 0. The molecule has 0 aliphatic carbocycles. The normalized spacial score (nSPS) is 21.6. The van der Waals surface area contributed by atoms with Crippen LogP contribution in [0.3, 0.4) is 0 Å². The van der Waals surface area contributed by atoms with Gasteiger partial charge in [0.1, 0.15) is 0 Å². The van der Waals surface area contributed by atoms with Gasteiger partial charge in [0.05, 0.1) is 23.1 Å². The van der Waals surface area contributed by atoms with Gasteiger partial charge in [-0.05, 0) is 54.6 Å². The number of hydrogen-bond donors (Lipinski definition) is 1. The summed E-state index contributed by atoms with van der Waals surface area (Å²) in [5.41, 5.74) is 2.02. The Hall–Kier alpha value is -2.69. The molecule has 2 unspecified atom stereocenters. The second kappa shape index (κ2) is 10.7. The Morgan fingerprint density at radius 2 is 2.03 bits per heavy atom. The number of hydrogen-bond acceptors (Lipinski definition) is 7. The number of piperazine rings is 1. The lowest BCUT2D eigenvalue weighted by molar-refractivity contribution is -0.139. The number of nitrogens with zero attached hydrogens (tertiary/aromatic N) is 3. The third-order valence-electron chi connectivity index (χ3n) is 6.20. The molecule has 2 aromatic heterocycles. The first-order valence-electron chi connectivity index (χ1n) is 11.5. The summed E-state index contributed by atoms with van der Waals surface area (Å²) in [5, 5.41) is 8.78. The van der Waals surface area contributed by atoms with Crippen molar-refractivity contribution in [1.29, 1.82) is 0 Å². The van der Waals surface area contributed by atoms with Gasteiger partial charge in [0.2, 0.25) is 0 Å². The quantitative estimate of drug-likeness (QED) is 0.586. The number of urea groups is 1. The molecule has 0 saturated carbocycles. The largest absolute Gasteiger partial charge is 0.463 e. The van der Waals surface area contributed by atoms with Crippen molar-refractivity contribution in [1.82, 2.24) is 20.0 Å². The molecule has 10 heteroatoms. The van der Waals surface area contributed by atoms with Gasteiger partial charge in [-0.2, -0.15) is 11.3 Å². The van der Waals surface area contributed by atoms with Gasteiger partial charge >= 0.3 is 12.0 Å². The first-order valence-corrected chi connectivity index (χ1v) is 13.3. The number of carbonyl (C=O) groups is 3. The molecule has 34 heavy (non-hydrogen) atoms. The molecular weight excluding hydrogens is 472 g/mol. The van der Waals surface area contributed by atoms with Crippen molar-refractivity contribution in [2.75, 3.05) is 39.3 Å². The molecule has 2 aromatic rings. The van der Waals surface area contributed by atoms with Gasteiger partial charge in [-0.3, -0.25) is 14.6 Å². The van der Waals surface area contributed by atoms with Crippen LogP contribution in [0.5, 0.6) is 0 Å². The minimum Gasteiger partial charge on any atom is -0.463 e. The highest BCUT2D eigenvalue weighted by Crippen LogP contribution is 2.33. The first kappa shape index (κ1) is 24.4. The molecular formula is C24H30N4O4S2. The molecule has 0 spiro atoms. The van der Waals surface area contributed by atoms with E-state index in [1.54, 1.807) is 11.8 Å². The van der Waals surface area contributed by atoms with E-state index in [1.807, 2.05) is 53.1 Å². The van der Waals surface area contributed by atoms with Gasteiger partial charge in [-0.1, -0.05) is 6.07 Å². The average molecular weight is 503 g/mol. The molecule has 2 atom stereocenters. The van der Waals surface area contributed by atoms with Crippen LogP contribution in [-0.2, 0) is 9.53 Å². The molecule has 0 aromatic carbocycles. The molecule has 2 aliphatic heterocycles. The van der Waals surface area contributed by atoms with Crippen molar-refractivity contribution in [2.24, 2.45) is 0 Å². The Morgan fingerprint density at radius 1 is 1.21 bits per heavy atom. The van der Waals surface area contributed by atoms with E-state index in [-0.39, 0.29) is 24.6 Å². The van der Waals surface area contributed by atoms with E-state index >= 15 is 0 Å². The standard InChI is InChI=1S/C24H30N4O4S2/c1-4-27-18(14-26-9-10-28(16(3)13-26)22(29)19-7-6-11-34-19)20(23(30)32-5-2)21(25-24(27)31)17-8-12-33-15-17/h6-8,11-12,15-16,21H,4-5,9-10,13-14H2,1-3H3,(H,25,31). The maximum atomic E-state index is 13.1. The van der Waals surface area contributed by atoms with Crippen LogP contribution in [-0.4, -0.2) is 78.0 Å². The maximum Gasteiger partial charge on any atom is 0.338 e. The minimum absolute atomic E-state index is 0.00941. The van der Waals surface area contributed by atoms with Gasteiger partial charge in [0.15, 0.2) is 0 Å². The second-order valence-electron chi connectivity index (χ2n) is 8.32. The summed E-state index contributed by atoms with van der Waals surface area (Å²) >= 11 is 2.97. The molecule has 1 saturated heterocycles. The number of thiophene rings is 2. The molecule has 8 nitrogen and oxygen atoms in total. The lowest BCUT2D eigenvalue weighted by atomic mass is 9.96. The number of likely N-dealkylation sites (N-methyl/N-ethyl adjacent to an activating group) is 1. The Bertz CT molecular complexity index is 1050. The average Bonchev–Trinajstić information content (AvgIpc) is 3.53. The molecule has 3 amide bonds. The summed E-state index contributed by atoms with van der Waals surface area (Å²) in [4.78, 5) is 45.5. The zero-order valence-corrected chi connectivity index (χ0v) is 21.3. The zero-order valence-electron chi connectivity index (χ0n) is 19.7. The van der Waals surface area contributed by atoms with Crippen LogP contribution in [0.2, 0.25) is 0 Å². The molecule has 4 rings (SSSR count). The van der Waals surface area contributed by atoms with Gasteiger partial charge in [-0.15, -0.1) is 11.3 Å². The van der Waals surface area contributed by atoms with Crippen LogP contribution >= 0.6 is 22.7 Å². The van der Waals surface area contributed by atoms with Crippen molar-refractivity contribution in [3.63, 3.8) is 0 Å². The monoisotopic (exact) mass is 502 g/mol. The minimum atomic E-state index is -0.547. The van der Waals surface area contributed by atoms with Gasteiger partial charge in [0.25, 0.3) is 5.91 Å². The molecule has 4 heterocycles. The fraction of sp³-hybridized carbons (Fsp3) is 0.458. The second-order valence-corrected chi connectivity index (χ2v) is 10.1. The summed E-state index contributed by atoms with van der Waals surface area (Å²) in [6, 6.07) is 4.91. The van der Waals surface area contributed by atoms with Crippen molar-refractivity contribution in [3.05, 3.63) is 56.1 Å². The van der Waals surface area contributed by atoms with Crippen LogP contribution in [0.1, 0.15) is 42.0 Å². The molecule has 182 valence electrons. The molecule has 1 N–H and O–H groups in total. The summed E-state index contributed by atoms with van der Waals surface area (Å²) in [7, 11) is 0. The fourth-order valence-electron chi connectivity index (χ4n) is 4.58. The zero-order chi connectivity index (χ0) is 24.2. The van der Waals surface area contributed by atoms with Crippen molar-refractivity contribution in [2.45, 2.75) is 32.9 Å². The SMILES string of the molecule is CCOC(=O)C1=C(CN2CCN(C(=O)c3cccs3)C(C)C2)N(CC)C(=O)NC1c1ccsc1. The Morgan fingerprint density at radius 3 is 2.65 bits per heavy atom. The number of ether oxygens (including phenoxy) is 1. The van der Waals surface area contributed by atoms with Crippen molar-refractivity contribution in [3.8, 4) is 0 Å². The van der Waals surface area contributed by atoms with E-state index in [9.17, 15) is 14.4 Å². The molecule has 1 fully saturated rings. The Kier molecular flexibility index (Phi) is 7.70. The molecule has 2 aliphatic rings. The highest BCUT2D eigenvalue weighted by molar-refractivity contribution is 7.12. The summed E-state index contributed by atoms with van der Waals surface area (Å²) in [5.74, 6) is -0.356. The van der Waals surface area contributed by atoms with Crippen LogP contribution in [0.25, 0.3) is 0 Å². The van der Waals surface area contributed by atoms with E-state index in [2.05, 4.69) is 10.2 Å². The number of esters is 1. The number of amides is 3. The Balaban J connectivity index is 1.61. The van der Waals surface area contributed by atoms with Gasteiger partial charge < -0.3 is 15.0 Å². The first-order chi connectivity index (χ1) is 16.4. The maximum absolute atomic E-state index is 13.1. The fourth-order valence-corrected chi connectivity index (χ4v) is 5.94. The molecule has 0 radical (unpaired) electrons. The lowest BCUT2D eigenvalue weighted by Gasteiger charge is -2.42. The molecule has 0 bridgehead atoms. The van der Waals surface area contributed by atoms with Crippen LogP contribution in [0.4, 0.5) is 4.79 Å². The van der Waals surface area contributed by atoms with Crippen LogP contribution in [0.15, 0.2) is 45.6 Å². The Labute approximate surface area is 207 Å². The summed E-state index contributed by atoms with van der Waals surface area (Å²) in [6.45, 7) is 8.74. The predicted octanol–water partition coefficient (Wildman–Crippen LogP) is 3.56. The number of nitrogens with one attached hydrogen (secondary N) is 1. The number of carbonyl (C=O) groups excluding carboxylic acids is 3. The smallest absolute Gasteiger partial charge is 0.338 e. The number of rotatable bonds is 7. The van der Waals surface area contributed by atoms with Crippen LogP contribution < -0.4 is 5.32 Å². The van der Waals surface area contributed by atoms with Gasteiger partial charge in [-0.25, -0.2) is 9.59 Å². The van der Waals surface area contributed by atoms with E-state index in [0.717, 1.165) is 10.4 Å².